The van der Waals surface area contributed by atoms with Gasteiger partial charge in [-0.15, -0.1) is 11.3 Å². The van der Waals surface area contributed by atoms with Gasteiger partial charge < -0.3 is 0 Å². The molecule has 1 aromatic carbocycles. The quantitative estimate of drug-likeness (QED) is 0.744. The molecule has 1 aromatic heterocycles. The first-order valence-corrected chi connectivity index (χ1v) is 7.05. The number of hydrogen-bond donors (Lipinski definition) is 0. The van der Waals surface area contributed by atoms with E-state index in [1.165, 1.54) is 17.4 Å². The molecule has 0 saturated heterocycles. The van der Waals surface area contributed by atoms with Gasteiger partial charge in [0, 0.05) is 6.42 Å². The van der Waals surface area contributed by atoms with Crippen molar-refractivity contribution in [1.82, 2.24) is 0 Å². The molecule has 0 aliphatic heterocycles. The maximum atomic E-state index is 12.6. The molecule has 5 heteroatoms. The molecular formula is C15H13F3OS. The molecule has 0 aliphatic carbocycles. The molecule has 20 heavy (non-hydrogen) atoms. The predicted molar refractivity (Wildman–Crippen MR) is 73.2 cm³/mol. The molecule has 0 bridgehead atoms. The molecule has 0 aliphatic rings. The highest BCUT2D eigenvalue weighted by Gasteiger charge is 2.30. The Morgan fingerprint density at radius 1 is 1.25 bits per heavy atom. The summed E-state index contributed by atoms with van der Waals surface area (Å²) in [5, 5.41) is 1.83. The first-order valence-electron chi connectivity index (χ1n) is 6.17. The number of benzene rings is 1. The van der Waals surface area contributed by atoms with Crippen LogP contribution in [-0.2, 0) is 19.0 Å². The van der Waals surface area contributed by atoms with Crippen molar-refractivity contribution in [3.63, 3.8) is 0 Å². The van der Waals surface area contributed by atoms with Gasteiger partial charge in [0.2, 0.25) is 0 Å². The zero-order chi connectivity index (χ0) is 14.8. The molecule has 0 amide bonds. The van der Waals surface area contributed by atoms with Gasteiger partial charge in [0.25, 0.3) is 0 Å². The minimum atomic E-state index is -4.38. The van der Waals surface area contributed by atoms with Gasteiger partial charge >= 0.3 is 6.18 Å². The van der Waals surface area contributed by atoms with Crippen LogP contribution in [-0.4, -0.2) is 5.78 Å². The van der Waals surface area contributed by atoms with E-state index in [4.69, 9.17) is 0 Å². The fourth-order valence-electron chi connectivity index (χ4n) is 1.98. The van der Waals surface area contributed by atoms with E-state index in [-0.39, 0.29) is 12.2 Å². The normalized spacial score (nSPS) is 11.6. The van der Waals surface area contributed by atoms with Gasteiger partial charge in [-0.1, -0.05) is 25.1 Å². The molecule has 0 saturated carbocycles. The lowest BCUT2D eigenvalue weighted by Gasteiger charge is -2.08. The maximum Gasteiger partial charge on any atom is 0.416 e. The van der Waals surface area contributed by atoms with Crippen molar-refractivity contribution in [1.29, 1.82) is 0 Å². The first kappa shape index (κ1) is 14.8. The summed E-state index contributed by atoms with van der Waals surface area (Å²) in [6, 6.07) is 6.81. The van der Waals surface area contributed by atoms with Crippen LogP contribution in [0.5, 0.6) is 0 Å². The van der Waals surface area contributed by atoms with Crippen LogP contribution in [0, 0.1) is 0 Å². The Hall–Kier alpha value is -1.62. The number of ketones is 1. The van der Waals surface area contributed by atoms with Crippen LogP contribution in [0.4, 0.5) is 13.2 Å². The van der Waals surface area contributed by atoms with Crippen LogP contribution in [0.3, 0.4) is 0 Å². The molecule has 0 N–H and O–H groups in total. The van der Waals surface area contributed by atoms with Crippen molar-refractivity contribution >= 4 is 17.1 Å². The summed E-state index contributed by atoms with van der Waals surface area (Å²) < 4.78 is 37.8. The third-order valence-corrected chi connectivity index (χ3v) is 4.00. The van der Waals surface area contributed by atoms with Crippen LogP contribution >= 0.6 is 11.3 Å². The second kappa shape index (κ2) is 5.79. The molecule has 106 valence electrons. The summed E-state index contributed by atoms with van der Waals surface area (Å²) in [4.78, 5) is 12.8. The van der Waals surface area contributed by atoms with E-state index in [1.807, 2.05) is 18.4 Å². The molecular weight excluding hydrogens is 285 g/mol. The third-order valence-electron chi connectivity index (χ3n) is 3.00. The molecule has 2 aromatic rings. The second-order valence-corrected chi connectivity index (χ2v) is 5.34. The van der Waals surface area contributed by atoms with Crippen molar-refractivity contribution in [3.05, 3.63) is 57.3 Å². The lowest BCUT2D eigenvalue weighted by molar-refractivity contribution is -0.137. The van der Waals surface area contributed by atoms with E-state index in [9.17, 15) is 18.0 Å². The lowest BCUT2D eigenvalue weighted by atomic mass is 10.0. The second-order valence-electron chi connectivity index (χ2n) is 4.43. The van der Waals surface area contributed by atoms with E-state index < -0.39 is 11.7 Å². The number of alkyl halides is 3. The number of thiophene rings is 1. The van der Waals surface area contributed by atoms with Crippen LogP contribution in [0.15, 0.2) is 35.7 Å². The van der Waals surface area contributed by atoms with Crippen molar-refractivity contribution in [3.8, 4) is 0 Å². The highest BCUT2D eigenvalue weighted by atomic mass is 32.1. The Kier molecular flexibility index (Phi) is 4.28. The minimum Gasteiger partial charge on any atom is -0.293 e. The van der Waals surface area contributed by atoms with Crippen LogP contribution in [0.1, 0.15) is 33.3 Å². The summed E-state index contributed by atoms with van der Waals surface area (Å²) in [6.07, 6.45) is -3.64. The molecule has 0 spiro atoms. The smallest absolute Gasteiger partial charge is 0.293 e. The molecule has 0 unspecified atom stereocenters. The van der Waals surface area contributed by atoms with Crippen molar-refractivity contribution < 1.29 is 18.0 Å². The van der Waals surface area contributed by atoms with Gasteiger partial charge in [-0.25, -0.2) is 0 Å². The number of rotatable bonds is 4. The number of hydrogen-bond acceptors (Lipinski definition) is 2. The number of aryl methyl sites for hydroxylation is 1. The number of Topliss-reactive ketones (excluding diaryl/α,β-unsaturated/α-hetero) is 1. The average molecular weight is 298 g/mol. The number of carbonyl (C=O) groups is 1. The largest absolute Gasteiger partial charge is 0.416 e. The van der Waals surface area contributed by atoms with E-state index in [0.717, 1.165) is 24.1 Å². The Labute approximate surface area is 119 Å². The minimum absolute atomic E-state index is 0.00255. The molecule has 0 atom stereocenters. The Balaban J connectivity index is 2.20. The summed E-state index contributed by atoms with van der Waals surface area (Å²) in [7, 11) is 0. The number of halogens is 3. The zero-order valence-electron chi connectivity index (χ0n) is 10.8. The van der Waals surface area contributed by atoms with Crippen LogP contribution < -0.4 is 0 Å². The summed E-state index contributed by atoms with van der Waals surface area (Å²) in [5.74, 6) is -0.129. The van der Waals surface area contributed by atoms with Crippen molar-refractivity contribution in [2.45, 2.75) is 25.9 Å². The third kappa shape index (κ3) is 3.28. The fourth-order valence-corrected chi connectivity index (χ4v) is 2.92. The topological polar surface area (TPSA) is 17.1 Å². The predicted octanol–water partition coefficient (Wildman–Crippen LogP) is 4.75. The molecule has 0 fully saturated rings. The summed E-state index contributed by atoms with van der Waals surface area (Å²) in [6.45, 7) is 1.95. The SMILES string of the molecule is CCc1ccsc1C(=O)Cc1cccc(C(F)(F)F)c1. The fraction of sp³-hybridized carbons (Fsp3) is 0.267. The van der Waals surface area contributed by atoms with E-state index in [2.05, 4.69) is 0 Å². The zero-order valence-corrected chi connectivity index (χ0v) is 11.6. The molecule has 1 nitrogen and oxygen atoms in total. The molecule has 1 heterocycles. The summed E-state index contributed by atoms with van der Waals surface area (Å²) in [5.41, 5.74) is 0.622. The monoisotopic (exact) mass is 298 g/mol. The van der Waals surface area contributed by atoms with Gasteiger partial charge in [0.05, 0.1) is 10.4 Å². The highest BCUT2D eigenvalue weighted by Crippen LogP contribution is 2.30. The van der Waals surface area contributed by atoms with Gasteiger partial charge in [-0.05, 0) is 35.1 Å². The number of carbonyl (C=O) groups excluding carboxylic acids is 1. The lowest BCUT2D eigenvalue weighted by Crippen LogP contribution is -2.08. The van der Waals surface area contributed by atoms with Gasteiger partial charge in [-0.2, -0.15) is 13.2 Å². The van der Waals surface area contributed by atoms with Crippen LogP contribution in [0.2, 0.25) is 0 Å². The van der Waals surface area contributed by atoms with Gasteiger partial charge in [0.1, 0.15) is 0 Å². The molecule has 2 rings (SSSR count). The van der Waals surface area contributed by atoms with E-state index in [1.54, 1.807) is 6.07 Å². The van der Waals surface area contributed by atoms with E-state index >= 15 is 0 Å². The van der Waals surface area contributed by atoms with Crippen molar-refractivity contribution in [2.75, 3.05) is 0 Å². The Morgan fingerprint density at radius 2 is 2.00 bits per heavy atom. The van der Waals surface area contributed by atoms with E-state index in [0.29, 0.717) is 10.4 Å². The van der Waals surface area contributed by atoms with Gasteiger partial charge in [-0.3, -0.25) is 4.79 Å². The van der Waals surface area contributed by atoms with Gasteiger partial charge in [0.15, 0.2) is 5.78 Å². The maximum absolute atomic E-state index is 12.6. The van der Waals surface area contributed by atoms with Crippen molar-refractivity contribution in [2.24, 2.45) is 0 Å². The summed E-state index contributed by atoms with van der Waals surface area (Å²) >= 11 is 1.34. The standard InChI is InChI=1S/C15H13F3OS/c1-2-11-6-7-20-14(11)13(19)9-10-4-3-5-12(8-10)15(16,17)18/h3-8H,2,9H2,1H3. The highest BCUT2D eigenvalue weighted by molar-refractivity contribution is 7.12. The Bertz CT molecular complexity index is 614. The van der Waals surface area contributed by atoms with Crippen LogP contribution in [0.25, 0.3) is 0 Å². The Morgan fingerprint density at radius 3 is 2.65 bits per heavy atom. The molecule has 0 radical (unpaired) electrons. The average Bonchev–Trinajstić information content (AvgIpc) is 2.86. The first-order chi connectivity index (χ1) is 9.41.